The maximum atomic E-state index is 11.9. The third kappa shape index (κ3) is 7.39. The Bertz CT molecular complexity index is 497. The molecule has 0 aromatic heterocycles. The Kier molecular flexibility index (Phi) is 6.55. The number of rotatable bonds is 4. The summed E-state index contributed by atoms with van der Waals surface area (Å²) in [6.45, 7) is 7.35. The molecule has 0 radical (unpaired) electrons. The summed E-state index contributed by atoms with van der Waals surface area (Å²) in [4.78, 5) is 23.5. The second-order valence-corrected chi connectivity index (χ2v) is 7.54. The van der Waals surface area contributed by atoms with Gasteiger partial charge >= 0.3 is 6.03 Å². The molecule has 116 valence electrons. The zero-order valence-corrected chi connectivity index (χ0v) is 14.3. The van der Waals surface area contributed by atoms with Crippen LogP contribution in [0.15, 0.2) is 24.3 Å². The van der Waals surface area contributed by atoms with E-state index in [1.54, 1.807) is 6.92 Å². The number of halogens is 1. The minimum absolute atomic E-state index is 0.296. The lowest BCUT2D eigenvalue weighted by Crippen LogP contribution is -2.49. The largest absolute Gasteiger partial charge is 0.333 e. The summed E-state index contributed by atoms with van der Waals surface area (Å²) in [5.41, 5.74) is 0.715. The first kappa shape index (κ1) is 17.9. The van der Waals surface area contributed by atoms with E-state index in [-0.39, 0.29) is 16.7 Å². The Labute approximate surface area is 135 Å². The fourth-order valence-corrected chi connectivity index (χ4v) is 2.43. The number of urea groups is 1. The van der Waals surface area contributed by atoms with E-state index < -0.39 is 6.03 Å². The van der Waals surface area contributed by atoms with Crippen LogP contribution in [0.25, 0.3) is 0 Å². The van der Waals surface area contributed by atoms with E-state index in [1.165, 1.54) is 11.8 Å². The van der Waals surface area contributed by atoms with Gasteiger partial charge in [-0.15, -0.1) is 11.8 Å². The number of imide groups is 1. The quantitative estimate of drug-likeness (QED) is 0.888. The van der Waals surface area contributed by atoms with Gasteiger partial charge in [-0.2, -0.15) is 0 Å². The lowest BCUT2D eigenvalue weighted by Gasteiger charge is -2.21. The number of carbonyl (C=O) groups is 2. The van der Waals surface area contributed by atoms with Gasteiger partial charge in [0.2, 0.25) is 5.91 Å². The van der Waals surface area contributed by atoms with Gasteiger partial charge in [-0.25, -0.2) is 4.79 Å². The second kappa shape index (κ2) is 7.71. The van der Waals surface area contributed by atoms with Crippen molar-refractivity contribution in [1.29, 1.82) is 0 Å². The first-order valence-corrected chi connectivity index (χ1v) is 8.09. The van der Waals surface area contributed by atoms with Gasteiger partial charge in [0.05, 0.1) is 5.25 Å². The Balaban J connectivity index is 2.40. The molecule has 0 saturated carbocycles. The van der Waals surface area contributed by atoms with Crippen molar-refractivity contribution in [3.8, 4) is 0 Å². The molecule has 6 heteroatoms. The van der Waals surface area contributed by atoms with Crippen molar-refractivity contribution in [1.82, 2.24) is 10.6 Å². The van der Waals surface area contributed by atoms with Gasteiger partial charge in [-0.1, -0.05) is 23.7 Å². The minimum atomic E-state index is -0.466. The summed E-state index contributed by atoms with van der Waals surface area (Å²) in [5.74, 6) is 0.392. The molecule has 0 aliphatic carbocycles. The number of nitrogens with one attached hydrogen (secondary N) is 2. The Morgan fingerprint density at radius 2 is 1.81 bits per heavy atom. The van der Waals surface area contributed by atoms with Crippen molar-refractivity contribution in [2.75, 3.05) is 0 Å². The van der Waals surface area contributed by atoms with E-state index in [0.29, 0.717) is 10.8 Å². The highest BCUT2D eigenvalue weighted by atomic mass is 35.5. The number of thioether (sulfide) groups is 1. The van der Waals surface area contributed by atoms with Crippen LogP contribution in [-0.2, 0) is 10.5 Å². The highest BCUT2D eigenvalue weighted by Gasteiger charge is 2.19. The number of hydrogen-bond acceptors (Lipinski definition) is 3. The molecule has 0 spiro atoms. The number of benzene rings is 1. The van der Waals surface area contributed by atoms with E-state index in [0.717, 1.165) is 5.56 Å². The van der Waals surface area contributed by atoms with E-state index >= 15 is 0 Å². The molecule has 1 aromatic rings. The fourth-order valence-electron chi connectivity index (χ4n) is 1.46. The summed E-state index contributed by atoms with van der Waals surface area (Å²) < 4.78 is 0. The molecule has 21 heavy (non-hydrogen) atoms. The molecule has 0 bridgehead atoms. The molecule has 0 fully saturated rings. The summed E-state index contributed by atoms with van der Waals surface area (Å²) in [5, 5.41) is 5.42. The maximum absolute atomic E-state index is 11.9. The van der Waals surface area contributed by atoms with Crippen LogP contribution in [0.4, 0.5) is 4.79 Å². The van der Waals surface area contributed by atoms with Gasteiger partial charge in [-0.3, -0.25) is 10.1 Å². The highest BCUT2D eigenvalue weighted by molar-refractivity contribution is 7.99. The molecule has 4 nitrogen and oxygen atoms in total. The summed E-state index contributed by atoms with van der Waals surface area (Å²) in [6.07, 6.45) is 0. The maximum Gasteiger partial charge on any atom is 0.321 e. The molecular formula is C15H21ClN2O2S. The van der Waals surface area contributed by atoms with Crippen LogP contribution in [0.3, 0.4) is 0 Å². The smallest absolute Gasteiger partial charge is 0.321 e. The Hall–Kier alpha value is -1.20. The van der Waals surface area contributed by atoms with Gasteiger partial charge in [-0.05, 0) is 45.4 Å². The van der Waals surface area contributed by atoms with Gasteiger partial charge in [0, 0.05) is 16.3 Å². The second-order valence-electron chi connectivity index (χ2n) is 5.77. The van der Waals surface area contributed by atoms with Gasteiger partial charge in [0.1, 0.15) is 0 Å². The zero-order valence-electron chi connectivity index (χ0n) is 12.7. The Morgan fingerprint density at radius 1 is 1.24 bits per heavy atom. The topological polar surface area (TPSA) is 58.2 Å². The van der Waals surface area contributed by atoms with Gasteiger partial charge in [0.25, 0.3) is 0 Å². The molecule has 1 aromatic carbocycles. The molecule has 3 amide bonds. The van der Waals surface area contributed by atoms with Crippen molar-refractivity contribution in [3.05, 3.63) is 34.9 Å². The molecular weight excluding hydrogens is 308 g/mol. The SMILES string of the molecule is C[C@H](SCc1ccc(Cl)cc1)C(=O)NC(=O)NC(C)(C)C. The van der Waals surface area contributed by atoms with Crippen LogP contribution in [0.5, 0.6) is 0 Å². The molecule has 1 atom stereocenters. The van der Waals surface area contributed by atoms with Crippen molar-refractivity contribution in [3.63, 3.8) is 0 Å². The number of amides is 3. The first-order chi connectivity index (χ1) is 9.67. The fraction of sp³-hybridized carbons (Fsp3) is 0.467. The van der Waals surface area contributed by atoms with Crippen molar-refractivity contribution in [2.24, 2.45) is 0 Å². The monoisotopic (exact) mass is 328 g/mol. The molecule has 1 rings (SSSR count). The van der Waals surface area contributed by atoms with Crippen molar-refractivity contribution in [2.45, 2.75) is 44.2 Å². The normalized spacial score (nSPS) is 12.6. The molecule has 0 aliphatic rings. The van der Waals surface area contributed by atoms with E-state index in [2.05, 4.69) is 10.6 Å². The van der Waals surface area contributed by atoms with Crippen LogP contribution >= 0.6 is 23.4 Å². The number of carbonyl (C=O) groups excluding carboxylic acids is 2. The van der Waals surface area contributed by atoms with Crippen LogP contribution in [0.2, 0.25) is 5.02 Å². The highest BCUT2D eigenvalue weighted by Crippen LogP contribution is 2.19. The molecule has 0 heterocycles. The van der Waals surface area contributed by atoms with Crippen LogP contribution in [0, 0.1) is 0 Å². The average molecular weight is 329 g/mol. The average Bonchev–Trinajstić information content (AvgIpc) is 2.35. The summed E-state index contributed by atoms with van der Waals surface area (Å²) in [6, 6.07) is 7.02. The molecule has 0 aliphatic heterocycles. The molecule has 0 saturated heterocycles. The lowest BCUT2D eigenvalue weighted by molar-refractivity contribution is -0.119. The van der Waals surface area contributed by atoms with E-state index in [9.17, 15) is 9.59 Å². The van der Waals surface area contributed by atoms with Crippen molar-refractivity contribution >= 4 is 35.3 Å². The minimum Gasteiger partial charge on any atom is -0.333 e. The number of hydrogen-bond donors (Lipinski definition) is 2. The van der Waals surface area contributed by atoms with Crippen molar-refractivity contribution < 1.29 is 9.59 Å². The third-order valence-electron chi connectivity index (χ3n) is 2.51. The van der Waals surface area contributed by atoms with Crippen LogP contribution in [0.1, 0.15) is 33.3 Å². The summed E-state index contributed by atoms with van der Waals surface area (Å²) in [7, 11) is 0. The lowest BCUT2D eigenvalue weighted by atomic mass is 10.1. The van der Waals surface area contributed by atoms with Gasteiger partial charge in [0.15, 0.2) is 0 Å². The van der Waals surface area contributed by atoms with E-state index in [4.69, 9.17) is 11.6 Å². The van der Waals surface area contributed by atoms with Crippen LogP contribution < -0.4 is 10.6 Å². The summed E-state index contributed by atoms with van der Waals surface area (Å²) >= 11 is 7.29. The van der Waals surface area contributed by atoms with Gasteiger partial charge < -0.3 is 5.32 Å². The molecule has 2 N–H and O–H groups in total. The predicted molar refractivity (Wildman–Crippen MR) is 88.6 cm³/mol. The van der Waals surface area contributed by atoms with E-state index in [1.807, 2.05) is 45.0 Å². The zero-order chi connectivity index (χ0) is 16.0. The first-order valence-electron chi connectivity index (χ1n) is 6.66. The third-order valence-corrected chi connectivity index (χ3v) is 3.97. The predicted octanol–water partition coefficient (Wildman–Crippen LogP) is 3.59. The Morgan fingerprint density at radius 3 is 2.33 bits per heavy atom. The standard InChI is InChI=1S/C15H21ClN2O2S/c1-10(13(19)17-14(20)18-15(2,3)4)21-9-11-5-7-12(16)8-6-11/h5-8,10H,9H2,1-4H3,(H2,17,18,19,20)/t10-/m0/s1. The van der Waals surface area contributed by atoms with Crippen LogP contribution in [-0.4, -0.2) is 22.7 Å². The molecule has 0 unspecified atom stereocenters.